The maximum absolute atomic E-state index is 12.4. The number of pyridine rings is 1. The number of anilines is 2. The van der Waals surface area contributed by atoms with Crippen molar-refractivity contribution < 1.29 is 4.79 Å². The third-order valence-corrected chi connectivity index (χ3v) is 3.55. The Morgan fingerprint density at radius 3 is 2.56 bits per heavy atom. The van der Waals surface area contributed by atoms with Crippen molar-refractivity contribution in [3.05, 3.63) is 77.5 Å². The molecule has 0 atom stereocenters. The Kier molecular flexibility index (Phi) is 4.99. The van der Waals surface area contributed by atoms with Gasteiger partial charge in [0.05, 0.1) is 12.2 Å². The van der Waals surface area contributed by atoms with Gasteiger partial charge in [-0.05, 0) is 38.1 Å². The Morgan fingerprint density at radius 2 is 1.84 bits per heavy atom. The summed E-state index contributed by atoms with van der Waals surface area (Å²) >= 11 is 0. The monoisotopic (exact) mass is 333 g/mol. The maximum Gasteiger partial charge on any atom is 0.270 e. The molecule has 2 N–H and O–H groups in total. The van der Waals surface area contributed by atoms with Crippen LogP contribution in [0.15, 0.2) is 54.7 Å². The van der Waals surface area contributed by atoms with E-state index in [4.69, 9.17) is 0 Å². The van der Waals surface area contributed by atoms with Gasteiger partial charge in [-0.25, -0.2) is 9.97 Å². The minimum Gasteiger partial charge on any atom is -0.345 e. The highest BCUT2D eigenvalue weighted by molar-refractivity contribution is 5.93. The van der Waals surface area contributed by atoms with Crippen molar-refractivity contribution >= 4 is 17.4 Å². The molecule has 126 valence electrons. The van der Waals surface area contributed by atoms with E-state index in [0.717, 1.165) is 11.4 Å². The molecule has 0 fully saturated rings. The summed E-state index contributed by atoms with van der Waals surface area (Å²) in [5.74, 6) is 0.850. The lowest BCUT2D eigenvalue weighted by Crippen LogP contribution is -2.24. The van der Waals surface area contributed by atoms with Crippen LogP contribution in [-0.2, 0) is 6.54 Å². The van der Waals surface area contributed by atoms with Crippen LogP contribution < -0.4 is 10.6 Å². The van der Waals surface area contributed by atoms with Crippen LogP contribution in [0.3, 0.4) is 0 Å². The maximum atomic E-state index is 12.4. The van der Waals surface area contributed by atoms with E-state index < -0.39 is 0 Å². The fraction of sp³-hybridized carbons (Fsp3) is 0.158. The number of nitrogens with zero attached hydrogens (tertiary/aromatic N) is 3. The van der Waals surface area contributed by atoms with Gasteiger partial charge in [0, 0.05) is 18.0 Å². The van der Waals surface area contributed by atoms with Gasteiger partial charge in [-0.3, -0.25) is 9.78 Å². The Hall–Kier alpha value is -3.28. The molecule has 0 spiro atoms. The molecule has 25 heavy (non-hydrogen) atoms. The molecule has 0 aliphatic heterocycles. The summed E-state index contributed by atoms with van der Waals surface area (Å²) in [4.78, 5) is 25.1. The minimum absolute atomic E-state index is 0.261. The molecule has 2 heterocycles. The third-order valence-electron chi connectivity index (χ3n) is 3.55. The predicted molar refractivity (Wildman–Crippen MR) is 96.6 cm³/mol. The van der Waals surface area contributed by atoms with Gasteiger partial charge in [0.1, 0.15) is 17.3 Å². The number of carbonyl (C=O) groups excluding carboxylic acids is 1. The van der Waals surface area contributed by atoms with E-state index >= 15 is 0 Å². The van der Waals surface area contributed by atoms with Gasteiger partial charge < -0.3 is 10.6 Å². The molecule has 0 saturated carbocycles. The summed E-state index contributed by atoms with van der Waals surface area (Å²) in [6, 6.07) is 15.2. The van der Waals surface area contributed by atoms with E-state index in [1.165, 1.54) is 5.56 Å². The number of hydrogen-bond acceptors (Lipinski definition) is 5. The zero-order valence-corrected chi connectivity index (χ0v) is 14.2. The average Bonchev–Trinajstić information content (AvgIpc) is 2.62. The van der Waals surface area contributed by atoms with Gasteiger partial charge in [-0.2, -0.15) is 0 Å². The molecule has 3 aromatic rings. The quantitative estimate of drug-likeness (QED) is 0.750. The van der Waals surface area contributed by atoms with Gasteiger partial charge in [0.2, 0.25) is 0 Å². The van der Waals surface area contributed by atoms with Crippen LogP contribution in [0, 0.1) is 13.8 Å². The molecule has 0 bridgehead atoms. The van der Waals surface area contributed by atoms with Gasteiger partial charge in [0.15, 0.2) is 0 Å². The molecular formula is C19H19N5O. The highest BCUT2D eigenvalue weighted by Gasteiger charge is 2.11. The summed E-state index contributed by atoms with van der Waals surface area (Å²) in [5, 5.41) is 6.02. The van der Waals surface area contributed by atoms with E-state index in [-0.39, 0.29) is 5.91 Å². The molecule has 1 aromatic carbocycles. The van der Waals surface area contributed by atoms with Crippen molar-refractivity contribution in [2.24, 2.45) is 0 Å². The van der Waals surface area contributed by atoms with Gasteiger partial charge in [-0.1, -0.05) is 23.8 Å². The van der Waals surface area contributed by atoms with Crippen LogP contribution in [0.5, 0.6) is 0 Å². The number of rotatable bonds is 5. The summed E-state index contributed by atoms with van der Waals surface area (Å²) in [5.41, 5.74) is 3.19. The lowest BCUT2D eigenvalue weighted by molar-refractivity contribution is 0.0945. The van der Waals surface area contributed by atoms with Crippen molar-refractivity contribution in [1.82, 2.24) is 20.3 Å². The number of aromatic nitrogens is 3. The Balaban J connectivity index is 1.72. The molecule has 0 saturated heterocycles. The summed E-state index contributed by atoms with van der Waals surface area (Å²) in [6.45, 7) is 4.14. The highest BCUT2D eigenvalue weighted by atomic mass is 16.1. The van der Waals surface area contributed by atoms with Gasteiger partial charge >= 0.3 is 0 Å². The van der Waals surface area contributed by atoms with Gasteiger partial charge in [-0.15, -0.1) is 0 Å². The second kappa shape index (κ2) is 7.53. The molecule has 0 radical (unpaired) electrons. The molecule has 0 aliphatic carbocycles. The first kappa shape index (κ1) is 16.6. The second-order valence-corrected chi connectivity index (χ2v) is 5.68. The summed E-state index contributed by atoms with van der Waals surface area (Å²) in [6.07, 6.45) is 1.69. The fourth-order valence-corrected chi connectivity index (χ4v) is 2.30. The normalized spacial score (nSPS) is 10.3. The second-order valence-electron chi connectivity index (χ2n) is 5.68. The number of carbonyl (C=O) groups is 1. The van der Waals surface area contributed by atoms with E-state index in [9.17, 15) is 4.79 Å². The van der Waals surface area contributed by atoms with Crippen LogP contribution in [0.25, 0.3) is 0 Å². The number of aryl methyl sites for hydroxylation is 2. The molecule has 1 amide bonds. The van der Waals surface area contributed by atoms with Crippen LogP contribution >= 0.6 is 0 Å². The van der Waals surface area contributed by atoms with Crippen LogP contribution in [0.2, 0.25) is 0 Å². The van der Waals surface area contributed by atoms with Crippen molar-refractivity contribution in [2.75, 3.05) is 5.32 Å². The third kappa shape index (κ3) is 4.60. The molecule has 0 aliphatic rings. The smallest absolute Gasteiger partial charge is 0.270 e. The predicted octanol–water partition coefficient (Wildman–Crippen LogP) is 3.16. The Bertz CT molecular complexity index is 863. The molecular weight excluding hydrogens is 314 g/mol. The Morgan fingerprint density at radius 1 is 1.04 bits per heavy atom. The van der Waals surface area contributed by atoms with Crippen molar-refractivity contribution in [2.45, 2.75) is 20.4 Å². The lowest BCUT2D eigenvalue weighted by atomic mass is 10.2. The summed E-state index contributed by atoms with van der Waals surface area (Å²) in [7, 11) is 0. The fourth-order valence-electron chi connectivity index (χ4n) is 2.30. The molecule has 0 unspecified atom stereocenters. The van der Waals surface area contributed by atoms with Crippen molar-refractivity contribution in [3.63, 3.8) is 0 Å². The standard InChI is InChI=1S/C19H19N5O/c1-13-6-8-15(9-7-13)24-18-11-17(22-14(2)23-18)19(25)21-12-16-5-3-4-10-20-16/h3-11H,12H2,1-2H3,(H,21,25)(H,22,23,24). The van der Waals surface area contributed by atoms with Crippen LogP contribution in [0.1, 0.15) is 27.6 Å². The first-order chi connectivity index (χ1) is 12.1. The topological polar surface area (TPSA) is 79.8 Å². The minimum atomic E-state index is -0.261. The molecule has 6 heteroatoms. The van der Waals surface area contributed by atoms with Gasteiger partial charge in [0.25, 0.3) is 5.91 Å². The Labute approximate surface area is 146 Å². The van der Waals surface area contributed by atoms with E-state index in [2.05, 4.69) is 25.6 Å². The number of benzene rings is 1. The SMILES string of the molecule is Cc1ccc(Nc2cc(C(=O)NCc3ccccn3)nc(C)n2)cc1. The average molecular weight is 333 g/mol. The van der Waals surface area contributed by atoms with Crippen LogP contribution in [0.4, 0.5) is 11.5 Å². The number of hydrogen-bond donors (Lipinski definition) is 2. The number of nitrogens with one attached hydrogen (secondary N) is 2. The van der Waals surface area contributed by atoms with Crippen LogP contribution in [-0.4, -0.2) is 20.9 Å². The largest absolute Gasteiger partial charge is 0.345 e. The first-order valence-corrected chi connectivity index (χ1v) is 7.97. The van der Waals surface area contributed by atoms with Crippen molar-refractivity contribution in [3.8, 4) is 0 Å². The molecule has 6 nitrogen and oxygen atoms in total. The zero-order valence-electron chi connectivity index (χ0n) is 14.2. The first-order valence-electron chi connectivity index (χ1n) is 7.97. The lowest BCUT2D eigenvalue weighted by Gasteiger charge is -2.09. The van der Waals surface area contributed by atoms with E-state index in [1.54, 1.807) is 19.2 Å². The zero-order chi connectivity index (χ0) is 17.6. The van der Waals surface area contributed by atoms with E-state index in [0.29, 0.717) is 23.9 Å². The van der Waals surface area contributed by atoms with E-state index in [1.807, 2.05) is 49.4 Å². The molecule has 3 rings (SSSR count). The number of amides is 1. The van der Waals surface area contributed by atoms with Crippen molar-refractivity contribution in [1.29, 1.82) is 0 Å². The highest BCUT2D eigenvalue weighted by Crippen LogP contribution is 2.16. The molecule has 2 aromatic heterocycles. The summed E-state index contributed by atoms with van der Waals surface area (Å²) < 4.78 is 0.